The van der Waals surface area contributed by atoms with Gasteiger partial charge in [0.2, 0.25) is 0 Å². The van der Waals surface area contributed by atoms with Gasteiger partial charge in [0.1, 0.15) is 10.4 Å². The van der Waals surface area contributed by atoms with Gasteiger partial charge in [-0.15, -0.1) is 5.60 Å². The average molecular weight is 901 g/mol. The molecule has 1 aliphatic carbocycles. The van der Waals surface area contributed by atoms with Crippen molar-refractivity contribution in [1.82, 2.24) is 14.5 Å². The Balaban J connectivity index is 0.000000195. The van der Waals surface area contributed by atoms with Crippen LogP contribution in [0.3, 0.4) is 0 Å². The number of para-hydroxylation sites is 1. The molecule has 0 fully saturated rings. The van der Waals surface area contributed by atoms with E-state index in [-0.39, 0.29) is 18.9 Å². The molecular weight excluding hydrogens is 865 g/mol. The third-order valence-corrected chi connectivity index (χ3v) is 8.35. The first kappa shape index (κ1) is 40.9. The molecule has 3 aromatic heterocycles. The Morgan fingerprint density at radius 3 is 1.78 bits per heavy atom. The number of hydrogen-bond acceptors (Lipinski definition) is 3. The minimum atomic E-state index is -0.750. The molecule has 49 heavy (non-hydrogen) atoms. The summed E-state index contributed by atoms with van der Waals surface area (Å²) in [4.78, 5) is 8.39. The predicted octanol–water partition coefficient (Wildman–Crippen LogP) is 8.97. The Morgan fingerprint density at radius 1 is 0.592 bits per heavy atom. The fraction of sp³-hybridized carbons (Fsp3) is 0.150. The van der Waals surface area contributed by atoms with E-state index in [1.807, 2.05) is 48.4 Å². The van der Waals surface area contributed by atoms with E-state index in [1.165, 1.54) is 48.5 Å². The molecule has 0 saturated carbocycles. The molecule has 8 rings (SSSR count). The number of aromatic nitrogens is 3. The van der Waals surface area contributed by atoms with Crippen molar-refractivity contribution in [3.05, 3.63) is 158 Å². The van der Waals surface area contributed by atoms with Gasteiger partial charge in [-0.2, -0.15) is 0 Å². The number of pyridine rings is 2. The van der Waals surface area contributed by atoms with E-state index in [1.54, 1.807) is 27.0 Å². The van der Waals surface area contributed by atoms with E-state index >= 15 is 0 Å². The van der Waals surface area contributed by atoms with Gasteiger partial charge in [-0.3, -0.25) is 4.57 Å². The number of alkyl halides is 1. The summed E-state index contributed by atoms with van der Waals surface area (Å²) in [5.41, 5.74) is 7.26. The zero-order chi connectivity index (χ0) is 34.7. The second-order valence-electron chi connectivity index (χ2n) is 11.6. The van der Waals surface area contributed by atoms with Gasteiger partial charge >= 0.3 is 18.9 Å². The van der Waals surface area contributed by atoms with Crippen LogP contribution in [0.1, 0.15) is 31.9 Å². The molecule has 3 heterocycles. The Hall–Kier alpha value is -2.54. The van der Waals surface area contributed by atoms with Gasteiger partial charge in [-0.25, -0.2) is 9.97 Å². The van der Waals surface area contributed by atoms with Crippen LogP contribution < -0.4 is 24.0 Å². The summed E-state index contributed by atoms with van der Waals surface area (Å²) in [7, 11) is 0. The van der Waals surface area contributed by atoms with Crippen molar-refractivity contribution in [3.63, 3.8) is 0 Å². The molecular formula is C40H36Br4LiN3O. The fourth-order valence-corrected chi connectivity index (χ4v) is 6.16. The van der Waals surface area contributed by atoms with Gasteiger partial charge in [0.05, 0.1) is 11.0 Å². The SMILES string of the molecule is Brc1ccc2c(c1)Cc1ccccc1-2.Brc1ccc2c3ccccc3n(-c3ccccn3)c2c1.Brc1ccccn1.CBr.CC(C)(C)[O-].[Li+]. The Morgan fingerprint density at radius 2 is 1.14 bits per heavy atom. The molecule has 0 amide bonds. The molecule has 246 valence electrons. The Bertz CT molecular complexity index is 2060. The average Bonchev–Trinajstić information content (AvgIpc) is 3.61. The van der Waals surface area contributed by atoms with Crippen molar-refractivity contribution in [3.8, 4) is 16.9 Å². The molecule has 9 heteroatoms. The van der Waals surface area contributed by atoms with Crippen LogP contribution in [0.5, 0.6) is 0 Å². The molecule has 0 spiro atoms. The molecule has 4 aromatic carbocycles. The van der Waals surface area contributed by atoms with Crippen molar-refractivity contribution in [2.24, 2.45) is 0 Å². The zero-order valence-electron chi connectivity index (χ0n) is 28.2. The summed E-state index contributed by atoms with van der Waals surface area (Å²) in [6.45, 7) is 4.90. The van der Waals surface area contributed by atoms with Crippen molar-refractivity contribution in [1.29, 1.82) is 0 Å². The Kier molecular flexibility index (Phi) is 16.5. The number of halogens is 4. The summed E-state index contributed by atoms with van der Waals surface area (Å²) in [6, 6.07) is 41.7. The van der Waals surface area contributed by atoms with Crippen LogP contribution in [0, 0.1) is 0 Å². The van der Waals surface area contributed by atoms with E-state index in [2.05, 4.69) is 163 Å². The van der Waals surface area contributed by atoms with Gasteiger partial charge < -0.3 is 5.11 Å². The monoisotopic (exact) mass is 897 g/mol. The van der Waals surface area contributed by atoms with Gasteiger partial charge in [-0.05, 0) is 105 Å². The van der Waals surface area contributed by atoms with Gasteiger partial charge in [0.25, 0.3) is 0 Å². The number of hydrogen-bond donors (Lipinski definition) is 0. The van der Waals surface area contributed by atoms with Crippen LogP contribution in [0.2, 0.25) is 0 Å². The normalized spacial score (nSPS) is 10.7. The van der Waals surface area contributed by atoms with Crippen molar-refractivity contribution in [2.45, 2.75) is 32.8 Å². The third-order valence-electron chi connectivity index (χ3n) is 6.90. The van der Waals surface area contributed by atoms with Crippen molar-refractivity contribution in [2.75, 3.05) is 5.83 Å². The standard InChI is InChI=1S/C17H11BrN2.C13H9Br.C5H4BrN.C4H9O.CH3Br.Li/c18-12-8-9-14-13-5-1-2-6-15(13)20(16(14)11-12)17-7-3-4-10-19-17;14-11-5-6-13-10(8-11)7-9-3-1-2-4-12(9)13;6-5-3-1-2-4-7-5;1-4(2,3)5;1-2;/h1-11H;1-6,8H,7H2;1-4H;1-3H3;1H3;/q;;;-1;;+1. The number of benzene rings is 4. The second-order valence-corrected chi connectivity index (χ2v) is 14.2. The van der Waals surface area contributed by atoms with Crippen LogP contribution in [0.25, 0.3) is 38.8 Å². The van der Waals surface area contributed by atoms with Gasteiger partial charge in [0, 0.05) is 32.1 Å². The smallest absolute Gasteiger partial charge is 0.850 e. The second kappa shape index (κ2) is 19.7. The first-order valence-corrected chi connectivity index (χ1v) is 19.2. The van der Waals surface area contributed by atoms with Crippen LogP contribution in [-0.4, -0.2) is 26.0 Å². The van der Waals surface area contributed by atoms with Crippen LogP contribution in [0.15, 0.2) is 147 Å². The Labute approximate surface area is 335 Å². The first-order chi connectivity index (χ1) is 23.1. The van der Waals surface area contributed by atoms with Gasteiger partial charge in [-0.1, -0.05) is 135 Å². The maximum Gasteiger partial charge on any atom is 1.00 e. The summed E-state index contributed by atoms with van der Waals surface area (Å²) in [6.07, 6.45) is 4.64. The third kappa shape index (κ3) is 11.8. The fourth-order valence-electron chi connectivity index (χ4n) is 5.13. The van der Waals surface area contributed by atoms with E-state index in [9.17, 15) is 5.11 Å². The maximum atomic E-state index is 10.1. The van der Waals surface area contributed by atoms with Crippen LogP contribution in [0.4, 0.5) is 0 Å². The quantitative estimate of drug-likeness (QED) is 0.0940. The molecule has 0 unspecified atom stereocenters. The van der Waals surface area contributed by atoms with Crippen molar-refractivity contribution < 1.29 is 24.0 Å². The summed E-state index contributed by atoms with van der Waals surface area (Å²) in [5, 5.41) is 12.6. The number of nitrogens with zero attached hydrogens (tertiary/aromatic N) is 3. The van der Waals surface area contributed by atoms with Crippen LogP contribution in [-0.2, 0) is 6.42 Å². The molecule has 4 nitrogen and oxygen atoms in total. The summed E-state index contributed by atoms with van der Waals surface area (Å²) in [5.74, 6) is 2.75. The largest absolute Gasteiger partial charge is 1.00 e. The molecule has 0 atom stereocenters. The number of fused-ring (bicyclic) bond motifs is 6. The van der Waals surface area contributed by atoms with E-state index in [0.29, 0.717) is 0 Å². The summed E-state index contributed by atoms with van der Waals surface area (Å²) >= 11 is 13.2. The van der Waals surface area contributed by atoms with Gasteiger partial charge in [0.15, 0.2) is 0 Å². The zero-order valence-corrected chi connectivity index (χ0v) is 34.5. The molecule has 0 aliphatic heterocycles. The minimum Gasteiger partial charge on any atom is -0.850 e. The van der Waals surface area contributed by atoms with E-state index in [4.69, 9.17) is 0 Å². The molecule has 0 saturated heterocycles. The van der Waals surface area contributed by atoms with Crippen molar-refractivity contribution >= 4 is 85.5 Å². The molecule has 0 N–H and O–H groups in total. The van der Waals surface area contributed by atoms with E-state index < -0.39 is 5.60 Å². The first-order valence-electron chi connectivity index (χ1n) is 15.2. The molecule has 0 radical (unpaired) electrons. The molecule has 1 aliphatic rings. The topological polar surface area (TPSA) is 53.8 Å². The number of rotatable bonds is 1. The van der Waals surface area contributed by atoms with Crippen LogP contribution >= 0.6 is 63.7 Å². The predicted molar refractivity (Wildman–Crippen MR) is 215 cm³/mol. The molecule has 7 aromatic rings. The minimum absolute atomic E-state index is 0. The molecule has 0 bridgehead atoms. The maximum absolute atomic E-state index is 10.1. The van der Waals surface area contributed by atoms with E-state index in [0.717, 1.165) is 21.3 Å². The summed E-state index contributed by atoms with van der Waals surface area (Å²) < 4.78 is 5.33.